The first-order valence-corrected chi connectivity index (χ1v) is 17.0. The summed E-state index contributed by atoms with van der Waals surface area (Å²) in [7, 11) is -3.48. The lowest BCUT2D eigenvalue weighted by Crippen LogP contribution is -2.45. The van der Waals surface area contributed by atoms with Crippen LogP contribution in [-0.4, -0.2) is 26.8 Å². The van der Waals surface area contributed by atoms with Gasteiger partial charge in [0.15, 0.2) is 16.6 Å². The fourth-order valence-electron chi connectivity index (χ4n) is 4.55. The first-order valence-electron chi connectivity index (χ1n) is 10.8. The van der Waals surface area contributed by atoms with Crippen LogP contribution in [0.5, 0.6) is 11.5 Å². The van der Waals surface area contributed by atoms with Crippen molar-refractivity contribution in [1.29, 1.82) is 0 Å². The minimum Gasteiger partial charge on any atom is -0.508 e. The molecule has 0 heterocycles. The van der Waals surface area contributed by atoms with Crippen LogP contribution in [-0.2, 0) is 4.12 Å². The van der Waals surface area contributed by atoms with Gasteiger partial charge in [-0.2, -0.15) is 0 Å². The molecule has 0 fully saturated rings. The molecular weight excluding hydrogens is 392 g/mol. The van der Waals surface area contributed by atoms with Gasteiger partial charge in [-0.1, -0.05) is 51.0 Å². The second-order valence-corrected chi connectivity index (χ2v) is 18.3. The van der Waals surface area contributed by atoms with Crippen molar-refractivity contribution in [2.45, 2.75) is 70.9 Å². The first-order chi connectivity index (χ1) is 13.5. The standard InChI is InChI=1S/C24H38O3Si2/c1-7-8-17-28(3,4)27-29(5,6)18-19(2)24(20-9-13-22(25)14-10-20)21-11-15-23(26)16-12-21/h9-16,19,24-26H,7-8,17-18H2,1-6H3. The fraction of sp³-hybridized carbons (Fsp3) is 0.500. The number of hydrogen-bond acceptors (Lipinski definition) is 3. The Morgan fingerprint density at radius 3 is 1.66 bits per heavy atom. The van der Waals surface area contributed by atoms with E-state index in [-0.39, 0.29) is 17.4 Å². The number of phenolic OH excluding ortho intramolecular Hbond substituents is 2. The molecule has 2 aromatic carbocycles. The molecule has 160 valence electrons. The van der Waals surface area contributed by atoms with Gasteiger partial charge < -0.3 is 14.3 Å². The zero-order chi connectivity index (χ0) is 21.7. The van der Waals surface area contributed by atoms with Gasteiger partial charge in [0.1, 0.15) is 11.5 Å². The van der Waals surface area contributed by atoms with E-state index >= 15 is 0 Å². The minimum absolute atomic E-state index is 0.201. The van der Waals surface area contributed by atoms with E-state index < -0.39 is 16.6 Å². The Kier molecular flexibility index (Phi) is 8.14. The first kappa shape index (κ1) is 23.7. The SMILES string of the molecule is CCCC[Si](C)(C)O[Si](C)(C)CC(C)C(c1ccc(O)cc1)c1ccc(O)cc1. The van der Waals surface area contributed by atoms with Crippen molar-refractivity contribution < 1.29 is 14.3 Å². The molecule has 0 spiro atoms. The summed E-state index contributed by atoms with van der Waals surface area (Å²) < 4.78 is 6.86. The normalized spacial score (nSPS) is 13.6. The molecule has 0 saturated heterocycles. The maximum Gasteiger partial charge on any atom is 0.173 e. The summed E-state index contributed by atoms with van der Waals surface area (Å²) >= 11 is 0. The maximum atomic E-state index is 9.73. The molecule has 0 aromatic heterocycles. The van der Waals surface area contributed by atoms with Crippen LogP contribution >= 0.6 is 0 Å². The third-order valence-electron chi connectivity index (χ3n) is 5.57. The largest absolute Gasteiger partial charge is 0.508 e. The van der Waals surface area contributed by atoms with E-state index in [4.69, 9.17) is 4.12 Å². The lowest BCUT2D eigenvalue weighted by molar-refractivity contribution is 0.469. The van der Waals surface area contributed by atoms with Gasteiger partial charge in [-0.05, 0) is 79.6 Å². The Morgan fingerprint density at radius 1 is 0.793 bits per heavy atom. The summed E-state index contributed by atoms with van der Waals surface area (Å²) in [6, 6.07) is 17.4. The van der Waals surface area contributed by atoms with Crippen LogP contribution in [0.15, 0.2) is 48.5 Å². The molecular formula is C24H38O3Si2. The van der Waals surface area contributed by atoms with Crippen molar-refractivity contribution >= 4 is 16.6 Å². The molecule has 0 aliphatic rings. The third kappa shape index (κ3) is 7.32. The smallest absolute Gasteiger partial charge is 0.173 e. The maximum absolute atomic E-state index is 9.73. The fourth-order valence-corrected chi connectivity index (χ4v) is 14.3. The van der Waals surface area contributed by atoms with Crippen molar-refractivity contribution in [3.8, 4) is 11.5 Å². The number of rotatable bonds is 10. The van der Waals surface area contributed by atoms with E-state index in [0.29, 0.717) is 5.92 Å². The van der Waals surface area contributed by atoms with Crippen molar-refractivity contribution in [1.82, 2.24) is 0 Å². The summed E-state index contributed by atoms with van der Waals surface area (Å²) in [5.74, 6) is 1.16. The number of phenols is 2. The van der Waals surface area contributed by atoms with Crippen LogP contribution in [0.25, 0.3) is 0 Å². The van der Waals surface area contributed by atoms with E-state index in [1.807, 2.05) is 24.3 Å². The van der Waals surface area contributed by atoms with Gasteiger partial charge in [-0.3, -0.25) is 0 Å². The Bertz CT molecular complexity index is 709. The highest BCUT2D eigenvalue weighted by molar-refractivity contribution is 6.84. The van der Waals surface area contributed by atoms with Gasteiger partial charge in [-0.15, -0.1) is 0 Å². The number of unbranched alkanes of at least 4 members (excludes halogenated alkanes) is 1. The van der Waals surface area contributed by atoms with Gasteiger partial charge in [0.2, 0.25) is 0 Å². The molecule has 0 radical (unpaired) electrons. The zero-order valence-corrected chi connectivity index (χ0v) is 20.9. The zero-order valence-electron chi connectivity index (χ0n) is 18.9. The van der Waals surface area contributed by atoms with Gasteiger partial charge in [-0.25, -0.2) is 0 Å². The van der Waals surface area contributed by atoms with Crippen molar-refractivity contribution in [3.05, 3.63) is 59.7 Å². The summed E-state index contributed by atoms with van der Waals surface area (Å²) in [6.07, 6.45) is 2.48. The van der Waals surface area contributed by atoms with Crippen LogP contribution in [0, 0.1) is 5.92 Å². The highest BCUT2D eigenvalue weighted by Gasteiger charge is 2.36. The van der Waals surface area contributed by atoms with Crippen LogP contribution in [0.4, 0.5) is 0 Å². The van der Waals surface area contributed by atoms with E-state index in [0.717, 1.165) is 6.04 Å². The van der Waals surface area contributed by atoms with Gasteiger partial charge in [0, 0.05) is 5.92 Å². The summed E-state index contributed by atoms with van der Waals surface area (Å²) in [5.41, 5.74) is 2.38. The molecule has 0 aliphatic carbocycles. The molecule has 1 atom stereocenters. The van der Waals surface area contributed by atoms with Crippen LogP contribution in [0.2, 0.25) is 38.3 Å². The minimum atomic E-state index is -1.84. The predicted molar refractivity (Wildman–Crippen MR) is 128 cm³/mol. The average molecular weight is 431 g/mol. The Morgan fingerprint density at radius 2 is 1.24 bits per heavy atom. The lowest BCUT2D eigenvalue weighted by Gasteiger charge is -2.37. The molecule has 0 amide bonds. The van der Waals surface area contributed by atoms with Crippen molar-refractivity contribution in [2.75, 3.05) is 0 Å². The number of aromatic hydroxyl groups is 2. The van der Waals surface area contributed by atoms with E-state index in [1.165, 1.54) is 30.0 Å². The molecule has 0 aliphatic heterocycles. The monoisotopic (exact) mass is 430 g/mol. The summed E-state index contributed by atoms with van der Waals surface area (Å²) in [5, 5.41) is 19.5. The van der Waals surface area contributed by atoms with Crippen LogP contribution in [0.1, 0.15) is 43.7 Å². The number of benzene rings is 2. The van der Waals surface area contributed by atoms with Crippen LogP contribution in [0.3, 0.4) is 0 Å². The Labute approximate surface area is 179 Å². The summed E-state index contributed by atoms with van der Waals surface area (Å²) in [6.45, 7) is 14.0. The Balaban J connectivity index is 2.25. The molecule has 2 aromatic rings. The van der Waals surface area contributed by atoms with Crippen molar-refractivity contribution in [2.24, 2.45) is 5.92 Å². The van der Waals surface area contributed by atoms with Crippen molar-refractivity contribution in [3.63, 3.8) is 0 Å². The third-order valence-corrected chi connectivity index (χ3v) is 13.2. The molecule has 3 nitrogen and oxygen atoms in total. The highest BCUT2D eigenvalue weighted by Crippen LogP contribution is 2.38. The second-order valence-electron chi connectivity index (χ2n) is 9.57. The van der Waals surface area contributed by atoms with Gasteiger partial charge in [0.25, 0.3) is 0 Å². The van der Waals surface area contributed by atoms with E-state index in [2.05, 4.69) is 40.0 Å². The van der Waals surface area contributed by atoms with Crippen LogP contribution < -0.4 is 0 Å². The van der Waals surface area contributed by atoms with E-state index in [9.17, 15) is 10.2 Å². The van der Waals surface area contributed by atoms with E-state index in [1.54, 1.807) is 24.3 Å². The number of hydrogen-bond donors (Lipinski definition) is 2. The molecule has 0 bridgehead atoms. The second kappa shape index (κ2) is 9.96. The highest BCUT2D eigenvalue weighted by atomic mass is 28.4. The molecule has 5 heteroatoms. The molecule has 1 unspecified atom stereocenters. The topological polar surface area (TPSA) is 49.7 Å². The quantitative estimate of drug-likeness (QED) is 0.395. The van der Waals surface area contributed by atoms with Gasteiger partial charge in [0.05, 0.1) is 0 Å². The lowest BCUT2D eigenvalue weighted by atomic mass is 9.82. The Hall–Kier alpha value is -1.57. The molecule has 2 N–H and O–H groups in total. The summed E-state index contributed by atoms with van der Waals surface area (Å²) in [4.78, 5) is 0. The molecule has 29 heavy (non-hydrogen) atoms. The molecule has 0 saturated carbocycles. The average Bonchev–Trinajstić information content (AvgIpc) is 2.62. The molecule has 2 rings (SSSR count). The van der Waals surface area contributed by atoms with Gasteiger partial charge >= 0.3 is 0 Å². The predicted octanol–water partition coefficient (Wildman–Crippen LogP) is 7.09.